The lowest BCUT2D eigenvalue weighted by Gasteiger charge is -2.24. The molecule has 0 saturated carbocycles. The van der Waals surface area contributed by atoms with Gasteiger partial charge in [0.25, 0.3) is 0 Å². The predicted octanol–water partition coefficient (Wildman–Crippen LogP) is 5.79. The van der Waals surface area contributed by atoms with E-state index in [0.717, 1.165) is 38.5 Å². The Kier molecular flexibility index (Phi) is 5.24. The monoisotopic (exact) mass is 322 g/mol. The Labute approximate surface area is 144 Å². The van der Waals surface area contributed by atoms with Crippen molar-refractivity contribution in [2.45, 2.75) is 51.4 Å². The second-order valence-electron chi connectivity index (χ2n) is 6.74. The van der Waals surface area contributed by atoms with E-state index in [1.807, 2.05) is 18.2 Å². The van der Waals surface area contributed by atoms with Gasteiger partial charge in [0.15, 0.2) is 0 Å². The third-order valence-corrected chi connectivity index (χ3v) is 5.01. The maximum atomic E-state index is 9.81. The van der Waals surface area contributed by atoms with Gasteiger partial charge in [-0.15, -0.1) is 0 Å². The van der Waals surface area contributed by atoms with Gasteiger partial charge in [-0.25, -0.2) is 0 Å². The molecule has 0 radical (unpaired) electrons. The van der Waals surface area contributed by atoms with Crippen LogP contribution in [0.2, 0.25) is 0 Å². The van der Waals surface area contributed by atoms with Crippen LogP contribution in [-0.2, 0) is 6.42 Å². The van der Waals surface area contributed by atoms with Crippen LogP contribution in [-0.4, -0.2) is 10.2 Å². The first-order valence-corrected chi connectivity index (χ1v) is 8.97. The van der Waals surface area contributed by atoms with Crippen LogP contribution in [0.5, 0.6) is 11.5 Å². The Balaban J connectivity index is 1.78. The first-order chi connectivity index (χ1) is 11.7. The number of aryl methyl sites for hydroxylation is 1. The first kappa shape index (κ1) is 16.6. The highest BCUT2D eigenvalue weighted by Crippen LogP contribution is 2.38. The molecule has 0 aromatic heterocycles. The molecule has 0 aliphatic heterocycles. The lowest BCUT2D eigenvalue weighted by atomic mass is 9.81. The quantitative estimate of drug-likeness (QED) is 0.731. The van der Waals surface area contributed by atoms with Gasteiger partial charge in [0.05, 0.1) is 0 Å². The molecular weight excluding hydrogens is 296 g/mol. The Morgan fingerprint density at radius 2 is 1.75 bits per heavy atom. The van der Waals surface area contributed by atoms with Gasteiger partial charge in [-0.1, -0.05) is 37.6 Å². The molecular formula is C22H26O2. The zero-order chi connectivity index (χ0) is 16.9. The number of aromatic hydroxyl groups is 2. The number of unbranched alkanes of at least 4 members (excludes halogenated alkanes) is 1. The fraction of sp³-hybridized carbons (Fsp3) is 0.364. The highest BCUT2D eigenvalue weighted by molar-refractivity contribution is 5.70. The second kappa shape index (κ2) is 7.57. The normalized spacial score (nSPS) is 17.5. The summed E-state index contributed by atoms with van der Waals surface area (Å²) in [6.45, 7) is 2.20. The van der Waals surface area contributed by atoms with Crippen molar-refractivity contribution in [1.29, 1.82) is 0 Å². The summed E-state index contributed by atoms with van der Waals surface area (Å²) >= 11 is 0. The molecule has 24 heavy (non-hydrogen) atoms. The number of hydrogen-bond donors (Lipinski definition) is 2. The SMILES string of the molecule is CCCCc1cc(O)ccc1C1=CCC(c2ccc(O)cc2)CC1. The van der Waals surface area contributed by atoms with E-state index in [1.54, 1.807) is 18.2 Å². The van der Waals surface area contributed by atoms with Gasteiger partial charge < -0.3 is 10.2 Å². The lowest BCUT2D eigenvalue weighted by molar-refractivity contribution is 0.473. The minimum atomic E-state index is 0.329. The van der Waals surface area contributed by atoms with Gasteiger partial charge in [0.2, 0.25) is 0 Å². The van der Waals surface area contributed by atoms with Crippen molar-refractivity contribution in [2.24, 2.45) is 0 Å². The number of benzene rings is 2. The highest BCUT2D eigenvalue weighted by Gasteiger charge is 2.18. The fourth-order valence-electron chi connectivity index (χ4n) is 3.60. The average molecular weight is 322 g/mol. The molecule has 0 bridgehead atoms. The third-order valence-electron chi connectivity index (χ3n) is 5.01. The van der Waals surface area contributed by atoms with Crippen molar-refractivity contribution in [3.8, 4) is 11.5 Å². The van der Waals surface area contributed by atoms with Crippen LogP contribution in [0.3, 0.4) is 0 Å². The van der Waals surface area contributed by atoms with Crippen LogP contribution in [0.4, 0.5) is 0 Å². The number of hydrogen-bond acceptors (Lipinski definition) is 2. The molecule has 0 heterocycles. The Bertz CT molecular complexity index is 713. The minimum absolute atomic E-state index is 0.329. The van der Waals surface area contributed by atoms with Crippen LogP contribution in [0, 0.1) is 0 Å². The van der Waals surface area contributed by atoms with E-state index in [4.69, 9.17) is 0 Å². The Hall–Kier alpha value is -2.22. The maximum Gasteiger partial charge on any atom is 0.115 e. The molecule has 2 N–H and O–H groups in total. The molecule has 0 fully saturated rings. The number of phenols is 2. The van der Waals surface area contributed by atoms with E-state index in [2.05, 4.69) is 19.1 Å². The van der Waals surface area contributed by atoms with E-state index in [1.165, 1.54) is 22.3 Å². The second-order valence-corrected chi connectivity index (χ2v) is 6.74. The number of allylic oxidation sites excluding steroid dienone is 2. The van der Waals surface area contributed by atoms with Gasteiger partial charge in [-0.2, -0.15) is 0 Å². The van der Waals surface area contributed by atoms with Crippen molar-refractivity contribution in [2.75, 3.05) is 0 Å². The summed E-state index contributed by atoms with van der Waals surface area (Å²) < 4.78 is 0. The number of phenolic OH excluding ortho intramolecular Hbond substituents is 2. The van der Waals surface area contributed by atoms with Crippen LogP contribution in [0.25, 0.3) is 5.57 Å². The smallest absolute Gasteiger partial charge is 0.115 e. The van der Waals surface area contributed by atoms with E-state index < -0.39 is 0 Å². The standard InChI is InChI=1S/C22H26O2/c1-2-3-4-19-15-21(24)13-14-22(19)18-7-5-16(6-8-18)17-9-11-20(23)12-10-17/h7,9-16,23-24H,2-6,8H2,1H3. The summed E-state index contributed by atoms with van der Waals surface area (Å²) in [5.41, 5.74) is 5.30. The van der Waals surface area contributed by atoms with Crippen molar-refractivity contribution < 1.29 is 10.2 Å². The topological polar surface area (TPSA) is 40.5 Å². The van der Waals surface area contributed by atoms with Crippen molar-refractivity contribution >= 4 is 5.57 Å². The van der Waals surface area contributed by atoms with Crippen molar-refractivity contribution in [3.63, 3.8) is 0 Å². The molecule has 0 amide bonds. The van der Waals surface area contributed by atoms with Gasteiger partial charge in [0, 0.05) is 0 Å². The first-order valence-electron chi connectivity index (χ1n) is 8.97. The predicted molar refractivity (Wildman–Crippen MR) is 99.4 cm³/mol. The van der Waals surface area contributed by atoms with Crippen molar-refractivity contribution in [3.05, 3.63) is 65.2 Å². The summed E-state index contributed by atoms with van der Waals surface area (Å²) in [4.78, 5) is 0. The largest absolute Gasteiger partial charge is 0.508 e. The number of rotatable bonds is 5. The average Bonchev–Trinajstić information content (AvgIpc) is 2.61. The summed E-state index contributed by atoms with van der Waals surface area (Å²) in [5, 5.41) is 19.2. The molecule has 1 unspecified atom stereocenters. The van der Waals surface area contributed by atoms with E-state index >= 15 is 0 Å². The molecule has 126 valence electrons. The molecule has 2 heteroatoms. The Morgan fingerprint density at radius 1 is 1.00 bits per heavy atom. The van der Waals surface area contributed by atoms with Gasteiger partial charge >= 0.3 is 0 Å². The zero-order valence-electron chi connectivity index (χ0n) is 14.3. The van der Waals surface area contributed by atoms with Crippen LogP contribution in [0.15, 0.2) is 48.5 Å². The molecule has 0 saturated heterocycles. The van der Waals surface area contributed by atoms with Gasteiger partial charge in [-0.05, 0) is 84.6 Å². The molecule has 2 nitrogen and oxygen atoms in total. The molecule has 1 aliphatic carbocycles. The van der Waals surface area contributed by atoms with Gasteiger partial charge in [0.1, 0.15) is 11.5 Å². The van der Waals surface area contributed by atoms with E-state index in [0.29, 0.717) is 17.4 Å². The molecule has 2 aromatic carbocycles. The highest BCUT2D eigenvalue weighted by atomic mass is 16.3. The van der Waals surface area contributed by atoms with E-state index in [9.17, 15) is 10.2 Å². The van der Waals surface area contributed by atoms with Gasteiger partial charge in [-0.3, -0.25) is 0 Å². The molecule has 0 spiro atoms. The molecule has 2 aromatic rings. The summed E-state index contributed by atoms with van der Waals surface area (Å²) in [6.07, 6.45) is 8.94. The maximum absolute atomic E-state index is 9.81. The molecule has 1 atom stereocenters. The summed E-state index contributed by atoms with van der Waals surface area (Å²) in [5.74, 6) is 1.23. The molecule has 3 rings (SSSR count). The minimum Gasteiger partial charge on any atom is -0.508 e. The lowest BCUT2D eigenvalue weighted by Crippen LogP contribution is -2.05. The zero-order valence-corrected chi connectivity index (χ0v) is 14.3. The third kappa shape index (κ3) is 3.81. The molecule has 1 aliphatic rings. The van der Waals surface area contributed by atoms with E-state index in [-0.39, 0.29) is 0 Å². The summed E-state index contributed by atoms with van der Waals surface area (Å²) in [7, 11) is 0. The van der Waals surface area contributed by atoms with Crippen molar-refractivity contribution in [1.82, 2.24) is 0 Å². The fourth-order valence-corrected chi connectivity index (χ4v) is 3.60. The van der Waals surface area contributed by atoms with Crippen LogP contribution >= 0.6 is 0 Å². The van der Waals surface area contributed by atoms with Crippen LogP contribution in [0.1, 0.15) is 61.6 Å². The Morgan fingerprint density at radius 3 is 2.42 bits per heavy atom. The summed E-state index contributed by atoms with van der Waals surface area (Å²) in [6, 6.07) is 13.4. The van der Waals surface area contributed by atoms with Crippen LogP contribution < -0.4 is 0 Å².